The average molecular weight is 533 g/mol. The molecule has 1 aliphatic rings. The number of ether oxygens (including phenoxy) is 1. The molecule has 10 nitrogen and oxygen atoms in total. The molecular weight excluding hydrogens is 504 g/mol. The molecule has 0 bridgehead atoms. The Labute approximate surface area is 221 Å². The van der Waals surface area contributed by atoms with Gasteiger partial charge >= 0.3 is 6.09 Å². The number of carbonyl (C=O) groups is 1. The lowest BCUT2D eigenvalue weighted by molar-refractivity contribution is 0.105. The topological polar surface area (TPSA) is 103 Å². The zero-order valence-corrected chi connectivity index (χ0v) is 22.3. The largest absolute Gasteiger partial charge is 0.450 e. The maximum absolute atomic E-state index is 14.1. The minimum Gasteiger partial charge on any atom is -0.450 e. The molecule has 0 radical (unpaired) electrons. The Morgan fingerprint density at radius 3 is 2.47 bits per heavy atom. The number of piperazine rings is 1. The van der Waals surface area contributed by atoms with Crippen molar-refractivity contribution < 1.29 is 17.9 Å². The lowest BCUT2D eigenvalue weighted by atomic mass is 10.1. The predicted molar refractivity (Wildman–Crippen MR) is 144 cm³/mol. The first-order valence-electron chi connectivity index (χ1n) is 12.3. The molecule has 4 heterocycles. The zero-order valence-electron chi connectivity index (χ0n) is 21.5. The van der Waals surface area contributed by atoms with Gasteiger partial charge in [0.2, 0.25) is 0 Å². The minimum atomic E-state index is -4.05. The van der Waals surface area contributed by atoms with Gasteiger partial charge in [0, 0.05) is 51.2 Å². The van der Waals surface area contributed by atoms with Crippen LogP contribution >= 0.6 is 0 Å². The number of nitrogens with zero attached hydrogens (tertiary/aromatic N) is 6. The van der Waals surface area contributed by atoms with Crippen molar-refractivity contribution in [3.63, 3.8) is 0 Å². The third kappa shape index (κ3) is 4.37. The summed E-state index contributed by atoms with van der Waals surface area (Å²) in [4.78, 5) is 20.7. The van der Waals surface area contributed by atoms with Crippen LogP contribution in [0.25, 0.3) is 22.3 Å². The number of amides is 1. The number of hydrogen-bond acceptors (Lipinski definition) is 7. The Bertz CT molecular complexity index is 1660. The molecule has 3 aromatic heterocycles. The molecule has 196 valence electrons. The molecular formula is C27H28N6O4S. The Hall–Kier alpha value is -4.30. The van der Waals surface area contributed by atoms with Crippen LogP contribution < -0.4 is 4.90 Å². The molecule has 5 rings (SSSR count). The fraction of sp³-hybridized carbons (Fsp3) is 0.296. The molecule has 0 atom stereocenters. The highest BCUT2D eigenvalue weighted by Crippen LogP contribution is 2.40. The number of hydrogen-bond donors (Lipinski definition) is 0. The number of benzene rings is 1. The lowest BCUT2D eigenvalue weighted by Crippen LogP contribution is -2.49. The number of aromatic nitrogens is 4. The first kappa shape index (κ1) is 25.4. The third-order valence-electron chi connectivity index (χ3n) is 6.45. The van der Waals surface area contributed by atoms with Crippen LogP contribution in [0.4, 0.5) is 10.5 Å². The second kappa shape index (κ2) is 10.2. The highest BCUT2D eigenvalue weighted by molar-refractivity contribution is 7.90. The van der Waals surface area contributed by atoms with Crippen LogP contribution in [0.1, 0.15) is 19.4 Å². The highest BCUT2D eigenvalue weighted by Gasteiger charge is 2.32. The number of pyridine rings is 1. The fourth-order valence-electron chi connectivity index (χ4n) is 4.75. The maximum Gasteiger partial charge on any atom is 0.409 e. The minimum absolute atomic E-state index is 0.147. The van der Waals surface area contributed by atoms with Crippen molar-refractivity contribution in [3.05, 3.63) is 60.6 Å². The average Bonchev–Trinajstić information content (AvgIpc) is 3.51. The van der Waals surface area contributed by atoms with Crippen LogP contribution in [0.5, 0.6) is 0 Å². The zero-order chi connectivity index (χ0) is 26.9. The Kier molecular flexibility index (Phi) is 6.82. The van der Waals surface area contributed by atoms with Gasteiger partial charge in [-0.1, -0.05) is 24.1 Å². The molecule has 1 fully saturated rings. The molecule has 1 saturated heterocycles. The van der Waals surface area contributed by atoms with Gasteiger partial charge in [-0.3, -0.25) is 4.68 Å². The van der Waals surface area contributed by atoms with Crippen molar-refractivity contribution in [2.75, 3.05) is 37.7 Å². The summed E-state index contributed by atoms with van der Waals surface area (Å²) in [6.45, 7) is 5.89. The quantitative estimate of drug-likeness (QED) is 0.363. The highest BCUT2D eigenvalue weighted by atomic mass is 32.2. The van der Waals surface area contributed by atoms with Crippen molar-refractivity contribution in [2.24, 2.45) is 7.05 Å². The van der Waals surface area contributed by atoms with E-state index in [1.807, 2.05) is 6.07 Å². The maximum atomic E-state index is 14.1. The predicted octanol–water partition coefficient (Wildman–Crippen LogP) is 3.32. The van der Waals surface area contributed by atoms with Crippen LogP contribution in [0.2, 0.25) is 0 Å². The van der Waals surface area contributed by atoms with E-state index >= 15 is 0 Å². The molecule has 38 heavy (non-hydrogen) atoms. The Morgan fingerprint density at radius 2 is 1.84 bits per heavy atom. The second-order valence-corrected chi connectivity index (χ2v) is 10.6. The van der Waals surface area contributed by atoms with E-state index < -0.39 is 10.0 Å². The Morgan fingerprint density at radius 1 is 1.11 bits per heavy atom. The summed E-state index contributed by atoms with van der Waals surface area (Å²) in [5, 5.41) is 4.94. The molecule has 0 spiro atoms. The summed E-state index contributed by atoms with van der Waals surface area (Å²) in [6, 6.07) is 10.2. The van der Waals surface area contributed by atoms with Crippen molar-refractivity contribution in [1.82, 2.24) is 23.6 Å². The lowest BCUT2D eigenvalue weighted by Gasteiger charge is -2.35. The molecule has 0 saturated carbocycles. The normalized spacial score (nSPS) is 13.9. The van der Waals surface area contributed by atoms with Crippen molar-refractivity contribution in [1.29, 1.82) is 0 Å². The first-order chi connectivity index (χ1) is 18.4. The van der Waals surface area contributed by atoms with Gasteiger partial charge in [0.15, 0.2) is 5.65 Å². The summed E-state index contributed by atoms with van der Waals surface area (Å²) in [5.41, 5.74) is 2.68. The van der Waals surface area contributed by atoms with E-state index in [-0.39, 0.29) is 16.6 Å². The number of carbonyl (C=O) groups excluding carboxylic acids is 1. The van der Waals surface area contributed by atoms with Crippen LogP contribution in [-0.4, -0.2) is 70.9 Å². The van der Waals surface area contributed by atoms with Gasteiger partial charge in [-0.2, -0.15) is 5.10 Å². The van der Waals surface area contributed by atoms with Crippen LogP contribution in [0, 0.1) is 11.8 Å². The standard InChI is InChI=1S/C27H28N6O4S/c1-4-9-22-24-23(31-14-16-32(17-15-31)27(34)37-5-2)12-13-28-26(24)33(25(22)20-18-29-30(3)19-20)38(35,36)21-10-7-6-8-11-21/h6-8,10-13,18-19H,5,14-17H2,1-3H3. The van der Waals surface area contributed by atoms with E-state index in [1.54, 1.807) is 79.4 Å². The molecule has 1 amide bonds. The fourth-order valence-corrected chi connectivity index (χ4v) is 6.27. The van der Waals surface area contributed by atoms with Gasteiger partial charge in [-0.05, 0) is 32.0 Å². The van der Waals surface area contributed by atoms with E-state index in [4.69, 9.17) is 4.74 Å². The molecule has 4 aromatic rings. The number of aryl methyl sites for hydroxylation is 1. The molecule has 0 N–H and O–H groups in total. The van der Waals surface area contributed by atoms with Gasteiger partial charge < -0.3 is 14.5 Å². The summed E-state index contributed by atoms with van der Waals surface area (Å²) in [5.74, 6) is 6.13. The molecule has 11 heteroatoms. The van der Waals surface area contributed by atoms with Gasteiger partial charge in [0.05, 0.1) is 40.0 Å². The molecule has 1 aromatic carbocycles. The molecule has 1 aliphatic heterocycles. The van der Waals surface area contributed by atoms with Crippen molar-refractivity contribution >= 4 is 32.8 Å². The van der Waals surface area contributed by atoms with Crippen LogP contribution in [0.15, 0.2) is 59.9 Å². The molecule has 0 aliphatic carbocycles. The van der Waals surface area contributed by atoms with Crippen LogP contribution in [-0.2, 0) is 21.8 Å². The SMILES string of the molecule is CC#Cc1c(-c2cnn(C)c2)n(S(=O)(=O)c2ccccc2)c2nccc(N3CCN(C(=O)OCC)CC3)c12. The first-order valence-corrected chi connectivity index (χ1v) is 13.7. The second-order valence-electron chi connectivity index (χ2n) is 8.79. The van der Waals surface area contributed by atoms with Gasteiger partial charge in [0.1, 0.15) is 0 Å². The van der Waals surface area contributed by atoms with E-state index in [9.17, 15) is 13.2 Å². The van der Waals surface area contributed by atoms with Gasteiger partial charge in [-0.15, -0.1) is 5.92 Å². The summed E-state index contributed by atoms with van der Waals surface area (Å²) >= 11 is 0. The van der Waals surface area contributed by atoms with Gasteiger partial charge in [-0.25, -0.2) is 22.2 Å². The molecule has 0 unspecified atom stereocenters. The number of anilines is 1. The van der Waals surface area contributed by atoms with E-state index in [0.29, 0.717) is 55.0 Å². The third-order valence-corrected chi connectivity index (χ3v) is 8.15. The van der Waals surface area contributed by atoms with Gasteiger partial charge in [0.25, 0.3) is 10.0 Å². The number of fused-ring (bicyclic) bond motifs is 1. The Balaban J connectivity index is 1.74. The summed E-state index contributed by atoms with van der Waals surface area (Å²) in [7, 11) is -2.27. The summed E-state index contributed by atoms with van der Waals surface area (Å²) in [6.07, 6.45) is 4.68. The number of rotatable bonds is 5. The van der Waals surface area contributed by atoms with Crippen molar-refractivity contribution in [2.45, 2.75) is 18.7 Å². The van der Waals surface area contributed by atoms with E-state index in [0.717, 1.165) is 5.69 Å². The van der Waals surface area contributed by atoms with E-state index in [2.05, 4.69) is 26.8 Å². The summed E-state index contributed by atoms with van der Waals surface area (Å²) < 4.78 is 36.3. The smallest absolute Gasteiger partial charge is 0.409 e. The van der Waals surface area contributed by atoms with Crippen LogP contribution in [0.3, 0.4) is 0 Å². The van der Waals surface area contributed by atoms with Crippen molar-refractivity contribution in [3.8, 4) is 23.1 Å². The van der Waals surface area contributed by atoms with E-state index in [1.165, 1.54) is 3.97 Å². The monoisotopic (exact) mass is 532 g/mol.